The van der Waals surface area contributed by atoms with Crippen LogP contribution in [0.25, 0.3) is 0 Å². The van der Waals surface area contributed by atoms with Gasteiger partial charge in [0.2, 0.25) is 0 Å². The van der Waals surface area contributed by atoms with Gasteiger partial charge in [-0.2, -0.15) is 18.4 Å². The Balaban J connectivity index is 2.51. The van der Waals surface area contributed by atoms with Crippen molar-refractivity contribution >= 4 is 0 Å². The van der Waals surface area contributed by atoms with E-state index in [4.69, 9.17) is 10.00 Å². The van der Waals surface area contributed by atoms with E-state index in [1.54, 1.807) is 7.11 Å². The summed E-state index contributed by atoms with van der Waals surface area (Å²) in [6, 6.07) is 1.97. The first-order valence-electron chi connectivity index (χ1n) is 5.17. The van der Waals surface area contributed by atoms with Crippen molar-refractivity contribution in [2.45, 2.75) is 43.5 Å². The smallest absolute Gasteiger partial charge is 0.381 e. The van der Waals surface area contributed by atoms with Crippen LogP contribution in [0.15, 0.2) is 0 Å². The van der Waals surface area contributed by atoms with Gasteiger partial charge in [-0.3, -0.25) is 5.32 Å². The molecule has 16 heavy (non-hydrogen) atoms. The van der Waals surface area contributed by atoms with Crippen molar-refractivity contribution in [3.05, 3.63) is 0 Å². The molecule has 1 fully saturated rings. The van der Waals surface area contributed by atoms with Gasteiger partial charge in [-0.1, -0.05) is 0 Å². The van der Waals surface area contributed by atoms with E-state index >= 15 is 0 Å². The number of nitriles is 1. The Bertz CT molecular complexity index is 264. The number of halogens is 3. The van der Waals surface area contributed by atoms with Crippen LogP contribution in [0, 0.1) is 11.3 Å². The molecule has 0 unspecified atom stereocenters. The Labute approximate surface area is 92.6 Å². The van der Waals surface area contributed by atoms with E-state index < -0.39 is 18.3 Å². The van der Waals surface area contributed by atoms with Crippen LogP contribution in [-0.2, 0) is 4.74 Å². The first-order chi connectivity index (χ1) is 7.41. The molecule has 0 amide bonds. The Morgan fingerprint density at radius 3 is 2.38 bits per heavy atom. The first-order valence-corrected chi connectivity index (χ1v) is 5.17. The van der Waals surface area contributed by atoms with Crippen molar-refractivity contribution in [1.29, 1.82) is 5.26 Å². The van der Waals surface area contributed by atoms with E-state index in [1.165, 1.54) is 0 Å². The SMILES string of the molecule is COC1CCC(C#N)(NCC(F)(F)F)CC1. The lowest BCUT2D eigenvalue weighted by Crippen LogP contribution is -2.50. The molecule has 0 aliphatic heterocycles. The molecule has 92 valence electrons. The third kappa shape index (κ3) is 3.65. The van der Waals surface area contributed by atoms with E-state index in [0.29, 0.717) is 25.7 Å². The minimum absolute atomic E-state index is 0.0640. The third-order valence-electron chi connectivity index (χ3n) is 2.96. The van der Waals surface area contributed by atoms with Crippen molar-refractivity contribution in [3.63, 3.8) is 0 Å². The van der Waals surface area contributed by atoms with E-state index in [0.717, 1.165) is 0 Å². The van der Waals surface area contributed by atoms with Gasteiger partial charge in [0.05, 0.1) is 18.7 Å². The lowest BCUT2D eigenvalue weighted by molar-refractivity contribution is -0.128. The minimum atomic E-state index is -4.28. The molecule has 0 heterocycles. The van der Waals surface area contributed by atoms with Crippen LogP contribution < -0.4 is 5.32 Å². The van der Waals surface area contributed by atoms with Gasteiger partial charge in [0.25, 0.3) is 0 Å². The van der Waals surface area contributed by atoms with Crippen LogP contribution in [0.2, 0.25) is 0 Å². The van der Waals surface area contributed by atoms with Crippen LogP contribution in [-0.4, -0.2) is 31.5 Å². The van der Waals surface area contributed by atoms with Crippen molar-refractivity contribution < 1.29 is 17.9 Å². The number of alkyl halides is 3. The van der Waals surface area contributed by atoms with Gasteiger partial charge in [-0.15, -0.1) is 0 Å². The second kappa shape index (κ2) is 5.02. The van der Waals surface area contributed by atoms with Gasteiger partial charge in [0, 0.05) is 7.11 Å². The summed E-state index contributed by atoms with van der Waals surface area (Å²) in [6.07, 6.45) is -2.17. The zero-order valence-corrected chi connectivity index (χ0v) is 9.10. The zero-order valence-electron chi connectivity index (χ0n) is 9.10. The summed E-state index contributed by atoms with van der Waals surface area (Å²) in [5, 5.41) is 11.3. The maximum atomic E-state index is 12.1. The lowest BCUT2D eigenvalue weighted by Gasteiger charge is -2.35. The van der Waals surface area contributed by atoms with Crippen LogP contribution in [0.4, 0.5) is 13.2 Å². The number of ether oxygens (including phenoxy) is 1. The molecule has 0 aromatic carbocycles. The zero-order chi connectivity index (χ0) is 12.2. The second-order valence-corrected chi connectivity index (χ2v) is 4.10. The van der Waals surface area contributed by atoms with Crippen molar-refractivity contribution in [2.75, 3.05) is 13.7 Å². The molecule has 1 N–H and O–H groups in total. The highest BCUT2D eigenvalue weighted by Crippen LogP contribution is 2.30. The fourth-order valence-electron chi connectivity index (χ4n) is 1.92. The average molecular weight is 236 g/mol. The molecule has 1 saturated carbocycles. The molecule has 0 aromatic heterocycles. The van der Waals surface area contributed by atoms with Gasteiger partial charge in [-0.05, 0) is 25.7 Å². The highest BCUT2D eigenvalue weighted by atomic mass is 19.4. The molecule has 1 rings (SSSR count). The summed E-state index contributed by atoms with van der Waals surface area (Å²) in [5.41, 5.74) is -1.04. The number of hydrogen-bond donors (Lipinski definition) is 1. The molecule has 1 aliphatic carbocycles. The molecule has 6 heteroatoms. The summed E-state index contributed by atoms with van der Waals surface area (Å²) in [4.78, 5) is 0. The molecule has 0 saturated heterocycles. The van der Waals surface area contributed by atoms with Crippen LogP contribution in [0.1, 0.15) is 25.7 Å². The minimum Gasteiger partial charge on any atom is -0.381 e. The van der Waals surface area contributed by atoms with Crippen LogP contribution in [0.3, 0.4) is 0 Å². The number of methoxy groups -OCH3 is 1. The molecular weight excluding hydrogens is 221 g/mol. The fraction of sp³-hybridized carbons (Fsp3) is 0.900. The van der Waals surface area contributed by atoms with Gasteiger partial charge in [-0.25, -0.2) is 0 Å². The Hall–Kier alpha value is -0.800. The average Bonchev–Trinajstić information content (AvgIpc) is 2.26. The lowest BCUT2D eigenvalue weighted by atomic mass is 9.81. The number of nitrogens with one attached hydrogen (secondary N) is 1. The molecular formula is C10H15F3N2O. The summed E-state index contributed by atoms with van der Waals surface area (Å²) < 4.78 is 41.3. The third-order valence-corrected chi connectivity index (χ3v) is 2.96. The normalized spacial score (nSPS) is 31.1. The fourth-order valence-corrected chi connectivity index (χ4v) is 1.92. The number of nitrogens with zero attached hydrogens (tertiary/aromatic N) is 1. The Kier molecular flexibility index (Phi) is 4.16. The first kappa shape index (κ1) is 13.3. The van der Waals surface area contributed by atoms with Gasteiger partial charge in [0.15, 0.2) is 0 Å². The topological polar surface area (TPSA) is 45.0 Å². The Morgan fingerprint density at radius 2 is 2.00 bits per heavy atom. The van der Waals surface area contributed by atoms with Gasteiger partial charge >= 0.3 is 6.18 Å². The van der Waals surface area contributed by atoms with Gasteiger partial charge < -0.3 is 4.74 Å². The molecule has 1 aliphatic rings. The number of hydrogen-bond acceptors (Lipinski definition) is 3. The Morgan fingerprint density at radius 1 is 1.44 bits per heavy atom. The highest BCUT2D eigenvalue weighted by molar-refractivity contribution is 5.09. The standard InChI is InChI=1S/C10H15F3N2O/c1-16-8-2-4-9(6-14,5-3-8)15-7-10(11,12)13/h8,15H,2-5,7H2,1H3. The molecule has 0 atom stereocenters. The predicted octanol–water partition coefficient (Wildman–Crippen LogP) is 1.99. The van der Waals surface area contributed by atoms with Gasteiger partial charge in [0.1, 0.15) is 5.54 Å². The molecule has 0 radical (unpaired) electrons. The summed E-state index contributed by atoms with van der Waals surface area (Å²) in [7, 11) is 1.58. The predicted molar refractivity (Wildman–Crippen MR) is 51.7 cm³/mol. The summed E-state index contributed by atoms with van der Waals surface area (Å²) >= 11 is 0. The van der Waals surface area contributed by atoms with Crippen LogP contribution in [0.5, 0.6) is 0 Å². The van der Waals surface area contributed by atoms with Crippen molar-refractivity contribution in [3.8, 4) is 6.07 Å². The second-order valence-electron chi connectivity index (χ2n) is 4.10. The largest absolute Gasteiger partial charge is 0.401 e. The maximum Gasteiger partial charge on any atom is 0.401 e. The molecule has 0 spiro atoms. The van der Waals surface area contributed by atoms with Crippen molar-refractivity contribution in [2.24, 2.45) is 0 Å². The monoisotopic (exact) mass is 236 g/mol. The molecule has 3 nitrogen and oxygen atoms in total. The number of rotatable bonds is 3. The van der Waals surface area contributed by atoms with Crippen molar-refractivity contribution in [1.82, 2.24) is 5.32 Å². The van der Waals surface area contributed by atoms with Crippen LogP contribution >= 0.6 is 0 Å². The van der Waals surface area contributed by atoms with E-state index in [2.05, 4.69) is 5.32 Å². The summed E-state index contributed by atoms with van der Waals surface area (Å²) in [6.45, 7) is -1.11. The van der Waals surface area contributed by atoms with E-state index in [-0.39, 0.29) is 6.10 Å². The van der Waals surface area contributed by atoms with E-state index in [9.17, 15) is 13.2 Å². The molecule has 0 aromatic rings. The van der Waals surface area contributed by atoms with E-state index in [1.807, 2.05) is 6.07 Å². The highest BCUT2D eigenvalue weighted by Gasteiger charge is 2.38. The quantitative estimate of drug-likeness (QED) is 0.815. The summed E-state index contributed by atoms with van der Waals surface area (Å²) in [5.74, 6) is 0. The maximum absolute atomic E-state index is 12.1. The molecule has 0 bridgehead atoms.